The van der Waals surface area contributed by atoms with E-state index < -0.39 is 5.60 Å². The normalized spacial score (nSPS) is 19.3. The van der Waals surface area contributed by atoms with Crippen molar-refractivity contribution < 1.29 is 14.6 Å². The van der Waals surface area contributed by atoms with Crippen LogP contribution in [0, 0.1) is 5.92 Å². The van der Waals surface area contributed by atoms with Crippen molar-refractivity contribution in [1.82, 2.24) is 10.2 Å². The molecule has 19 heavy (non-hydrogen) atoms. The SMILES string of the molecule is CNC(CCO)C1CCN(C(=O)OC(C)(C)C)CC1. The van der Waals surface area contributed by atoms with Gasteiger partial charge in [0.25, 0.3) is 0 Å². The van der Waals surface area contributed by atoms with Gasteiger partial charge in [-0.3, -0.25) is 0 Å². The Labute approximate surface area is 116 Å². The van der Waals surface area contributed by atoms with Gasteiger partial charge in [0.2, 0.25) is 0 Å². The Hall–Kier alpha value is -0.810. The van der Waals surface area contributed by atoms with Crippen LogP contribution in [-0.2, 0) is 4.74 Å². The lowest BCUT2D eigenvalue weighted by molar-refractivity contribution is 0.0166. The fourth-order valence-electron chi connectivity index (χ4n) is 2.57. The molecule has 0 aromatic rings. The topological polar surface area (TPSA) is 61.8 Å². The summed E-state index contributed by atoms with van der Waals surface area (Å²) in [6.07, 6.45) is 2.48. The summed E-state index contributed by atoms with van der Waals surface area (Å²) in [4.78, 5) is 13.7. The minimum atomic E-state index is -0.432. The predicted octanol–water partition coefficient (Wildman–Crippen LogP) is 1.60. The maximum Gasteiger partial charge on any atom is 0.410 e. The van der Waals surface area contributed by atoms with Crippen molar-refractivity contribution in [2.45, 2.75) is 51.7 Å². The number of likely N-dealkylation sites (tertiary alicyclic amines) is 1. The summed E-state index contributed by atoms with van der Waals surface area (Å²) in [5, 5.41) is 12.3. The van der Waals surface area contributed by atoms with Gasteiger partial charge >= 0.3 is 6.09 Å². The van der Waals surface area contributed by atoms with Crippen molar-refractivity contribution in [2.24, 2.45) is 5.92 Å². The smallest absolute Gasteiger partial charge is 0.410 e. The molecule has 1 aliphatic heterocycles. The molecule has 0 spiro atoms. The molecule has 0 bridgehead atoms. The van der Waals surface area contributed by atoms with Crippen LogP contribution < -0.4 is 5.32 Å². The first-order valence-corrected chi connectivity index (χ1v) is 7.13. The van der Waals surface area contributed by atoms with Crippen molar-refractivity contribution >= 4 is 6.09 Å². The molecule has 1 fully saturated rings. The number of rotatable bonds is 4. The number of hydrogen-bond acceptors (Lipinski definition) is 4. The van der Waals surface area contributed by atoms with E-state index in [1.54, 1.807) is 4.90 Å². The van der Waals surface area contributed by atoms with Gasteiger partial charge in [-0.2, -0.15) is 0 Å². The van der Waals surface area contributed by atoms with Crippen LogP contribution in [0.3, 0.4) is 0 Å². The van der Waals surface area contributed by atoms with E-state index in [1.807, 2.05) is 27.8 Å². The molecular formula is C14H28N2O3. The van der Waals surface area contributed by atoms with Crippen LogP contribution in [0.2, 0.25) is 0 Å². The number of hydrogen-bond donors (Lipinski definition) is 2. The van der Waals surface area contributed by atoms with Crippen molar-refractivity contribution in [3.63, 3.8) is 0 Å². The molecule has 0 aromatic heterocycles. The monoisotopic (exact) mass is 272 g/mol. The molecule has 112 valence electrons. The van der Waals surface area contributed by atoms with Crippen LogP contribution in [0.1, 0.15) is 40.0 Å². The zero-order valence-corrected chi connectivity index (χ0v) is 12.6. The fourth-order valence-corrected chi connectivity index (χ4v) is 2.57. The number of ether oxygens (including phenoxy) is 1. The third kappa shape index (κ3) is 5.37. The highest BCUT2D eigenvalue weighted by molar-refractivity contribution is 5.68. The summed E-state index contributed by atoms with van der Waals surface area (Å²) in [5.41, 5.74) is -0.432. The fraction of sp³-hybridized carbons (Fsp3) is 0.929. The average molecular weight is 272 g/mol. The third-order valence-corrected chi connectivity index (χ3v) is 3.57. The van der Waals surface area contributed by atoms with E-state index in [4.69, 9.17) is 9.84 Å². The van der Waals surface area contributed by atoms with Crippen molar-refractivity contribution in [2.75, 3.05) is 26.7 Å². The Balaban J connectivity index is 2.42. The highest BCUT2D eigenvalue weighted by atomic mass is 16.6. The first-order valence-electron chi connectivity index (χ1n) is 7.13. The second-order valence-corrected chi connectivity index (χ2v) is 6.21. The molecule has 0 radical (unpaired) electrons. The molecule has 5 heteroatoms. The summed E-state index contributed by atoms with van der Waals surface area (Å²) < 4.78 is 5.38. The van der Waals surface area contributed by atoms with Gasteiger partial charge in [0.15, 0.2) is 0 Å². The zero-order valence-electron chi connectivity index (χ0n) is 12.6. The lowest BCUT2D eigenvalue weighted by Crippen LogP contribution is -2.46. The maximum atomic E-state index is 11.9. The van der Waals surface area contributed by atoms with Gasteiger partial charge in [0.1, 0.15) is 5.60 Å². The van der Waals surface area contributed by atoms with Crippen LogP contribution in [0.4, 0.5) is 4.79 Å². The van der Waals surface area contributed by atoms with Crippen LogP contribution in [-0.4, -0.2) is 54.5 Å². The van der Waals surface area contributed by atoms with E-state index in [0.29, 0.717) is 12.0 Å². The van der Waals surface area contributed by atoms with Gasteiger partial charge in [-0.05, 0) is 53.0 Å². The lowest BCUT2D eigenvalue weighted by atomic mass is 9.88. The standard InChI is InChI=1S/C14H28N2O3/c1-14(2,3)19-13(18)16-8-5-11(6-9-16)12(15-4)7-10-17/h11-12,15,17H,5-10H2,1-4H3. The van der Waals surface area contributed by atoms with Crippen molar-refractivity contribution in [1.29, 1.82) is 0 Å². The molecule has 1 aliphatic rings. The van der Waals surface area contributed by atoms with Gasteiger partial charge in [0.05, 0.1) is 0 Å². The minimum absolute atomic E-state index is 0.206. The molecule has 5 nitrogen and oxygen atoms in total. The quantitative estimate of drug-likeness (QED) is 0.816. The highest BCUT2D eigenvalue weighted by Gasteiger charge is 2.29. The second kappa shape index (κ2) is 7.10. The van der Waals surface area contributed by atoms with E-state index in [2.05, 4.69) is 5.32 Å². The molecule has 1 unspecified atom stereocenters. The predicted molar refractivity (Wildman–Crippen MR) is 75.1 cm³/mol. The maximum absolute atomic E-state index is 11.9. The first kappa shape index (κ1) is 16.2. The van der Waals surface area contributed by atoms with E-state index in [9.17, 15) is 4.79 Å². The Morgan fingerprint density at radius 1 is 1.42 bits per heavy atom. The van der Waals surface area contributed by atoms with E-state index >= 15 is 0 Å². The molecule has 1 saturated heterocycles. The summed E-state index contributed by atoms with van der Waals surface area (Å²) in [6.45, 7) is 7.34. The Bertz CT molecular complexity index is 281. The third-order valence-electron chi connectivity index (χ3n) is 3.57. The minimum Gasteiger partial charge on any atom is -0.444 e. The van der Waals surface area contributed by atoms with Gasteiger partial charge < -0.3 is 20.1 Å². The number of aliphatic hydroxyl groups excluding tert-OH is 1. The Morgan fingerprint density at radius 3 is 2.42 bits per heavy atom. The second-order valence-electron chi connectivity index (χ2n) is 6.21. The van der Waals surface area contributed by atoms with E-state index in [-0.39, 0.29) is 12.7 Å². The largest absolute Gasteiger partial charge is 0.444 e. The summed E-state index contributed by atoms with van der Waals surface area (Å²) in [6, 6.07) is 0.339. The van der Waals surface area contributed by atoms with Gasteiger partial charge in [-0.1, -0.05) is 0 Å². The number of aliphatic hydroxyl groups is 1. The molecule has 0 aromatic carbocycles. The number of carbonyl (C=O) groups is 1. The average Bonchev–Trinajstić information content (AvgIpc) is 2.34. The highest BCUT2D eigenvalue weighted by Crippen LogP contribution is 2.23. The molecule has 1 atom stereocenters. The zero-order chi connectivity index (χ0) is 14.5. The van der Waals surface area contributed by atoms with Crippen LogP contribution >= 0.6 is 0 Å². The van der Waals surface area contributed by atoms with Gasteiger partial charge in [-0.15, -0.1) is 0 Å². The Morgan fingerprint density at radius 2 is 2.00 bits per heavy atom. The molecular weight excluding hydrogens is 244 g/mol. The summed E-state index contributed by atoms with van der Waals surface area (Å²) in [5.74, 6) is 0.524. The summed E-state index contributed by atoms with van der Waals surface area (Å²) >= 11 is 0. The molecule has 1 heterocycles. The summed E-state index contributed by atoms with van der Waals surface area (Å²) in [7, 11) is 1.93. The number of carbonyl (C=O) groups excluding carboxylic acids is 1. The molecule has 0 saturated carbocycles. The number of amides is 1. The number of nitrogens with one attached hydrogen (secondary N) is 1. The Kier molecular flexibility index (Phi) is 6.07. The van der Waals surface area contributed by atoms with Crippen molar-refractivity contribution in [3.8, 4) is 0 Å². The van der Waals surface area contributed by atoms with Crippen LogP contribution in [0.15, 0.2) is 0 Å². The van der Waals surface area contributed by atoms with Gasteiger partial charge in [-0.25, -0.2) is 4.79 Å². The number of nitrogens with zero attached hydrogens (tertiary/aromatic N) is 1. The molecule has 0 aliphatic carbocycles. The van der Waals surface area contributed by atoms with Gasteiger partial charge in [0, 0.05) is 25.7 Å². The van der Waals surface area contributed by atoms with Crippen molar-refractivity contribution in [3.05, 3.63) is 0 Å². The van der Waals surface area contributed by atoms with E-state index in [1.165, 1.54) is 0 Å². The molecule has 1 rings (SSSR count). The molecule has 2 N–H and O–H groups in total. The lowest BCUT2D eigenvalue weighted by Gasteiger charge is -2.36. The molecule has 1 amide bonds. The van der Waals surface area contributed by atoms with E-state index in [0.717, 1.165) is 32.4 Å². The first-order chi connectivity index (χ1) is 8.87. The van der Waals surface area contributed by atoms with Crippen LogP contribution in [0.5, 0.6) is 0 Å². The number of piperidine rings is 1. The van der Waals surface area contributed by atoms with Crippen LogP contribution in [0.25, 0.3) is 0 Å².